The van der Waals surface area contributed by atoms with Crippen molar-refractivity contribution in [2.24, 2.45) is 0 Å². The second kappa shape index (κ2) is 14.2. The molecule has 0 aliphatic heterocycles. The van der Waals surface area contributed by atoms with Gasteiger partial charge in [-0.2, -0.15) is 0 Å². The Morgan fingerprint density at radius 1 is 0.269 bits per heavy atom. The molecule has 8 aromatic carbocycles. The van der Waals surface area contributed by atoms with E-state index >= 15 is 0 Å². The van der Waals surface area contributed by atoms with Gasteiger partial charge in [0.2, 0.25) is 0 Å². The van der Waals surface area contributed by atoms with Crippen LogP contribution in [0.5, 0.6) is 23.0 Å². The van der Waals surface area contributed by atoms with Crippen molar-refractivity contribution in [3.63, 3.8) is 0 Å². The molecule has 0 atom stereocenters. The van der Waals surface area contributed by atoms with Crippen LogP contribution in [0.15, 0.2) is 121 Å². The summed E-state index contributed by atoms with van der Waals surface area (Å²) in [6.07, 6.45) is 0. The minimum absolute atomic E-state index is 0.0599. The first-order valence-electron chi connectivity index (χ1n) is 16.7. The van der Waals surface area contributed by atoms with Gasteiger partial charge in [-0.3, -0.25) is 0 Å². The van der Waals surface area contributed by atoms with E-state index in [1.807, 2.05) is 48.5 Å². The molecule has 8 rings (SSSR count). The van der Waals surface area contributed by atoms with Crippen LogP contribution in [0.4, 0.5) is 0 Å². The lowest BCUT2D eigenvalue weighted by molar-refractivity contribution is 0.282. The number of hydrogen-bond acceptors (Lipinski definition) is 8. The first kappa shape index (κ1) is 34.3. The molecule has 8 aromatic rings. The van der Waals surface area contributed by atoms with Gasteiger partial charge in [0.1, 0.15) is 23.0 Å². The molecule has 0 heterocycles. The van der Waals surface area contributed by atoms with Gasteiger partial charge in [-0.1, -0.05) is 72.8 Å². The fourth-order valence-electron chi connectivity index (χ4n) is 6.92. The fourth-order valence-corrected chi connectivity index (χ4v) is 6.92. The molecule has 0 bridgehead atoms. The summed E-state index contributed by atoms with van der Waals surface area (Å²) >= 11 is 0. The van der Waals surface area contributed by atoms with Crippen LogP contribution in [-0.2, 0) is 26.4 Å². The Balaban J connectivity index is 0.000000162. The van der Waals surface area contributed by atoms with Crippen molar-refractivity contribution >= 4 is 43.1 Å². The lowest BCUT2D eigenvalue weighted by Gasteiger charge is -2.15. The minimum Gasteiger partial charge on any atom is -0.507 e. The van der Waals surface area contributed by atoms with E-state index in [9.17, 15) is 40.9 Å². The Hall–Kier alpha value is -6.16. The minimum atomic E-state index is -0.0599. The topological polar surface area (TPSA) is 162 Å². The number of phenols is 4. The number of benzene rings is 8. The zero-order valence-electron chi connectivity index (χ0n) is 28.0. The summed E-state index contributed by atoms with van der Waals surface area (Å²) in [5.41, 5.74) is 5.32. The van der Waals surface area contributed by atoms with Crippen LogP contribution in [0, 0.1) is 0 Å². The van der Waals surface area contributed by atoms with Gasteiger partial charge in [-0.05, 0) is 114 Å². The van der Waals surface area contributed by atoms with Crippen molar-refractivity contribution in [3.05, 3.63) is 144 Å². The summed E-state index contributed by atoms with van der Waals surface area (Å²) in [5, 5.41) is 86.4. The molecule has 0 aliphatic rings. The summed E-state index contributed by atoms with van der Waals surface area (Å²) in [7, 11) is 0. The second-order valence-electron chi connectivity index (χ2n) is 12.7. The average Bonchev–Trinajstić information content (AvgIpc) is 3.18. The van der Waals surface area contributed by atoms with Crippen molar-refractivity contribution in [1.29, 1.82) is 0 Å². The SMILES string of the molecule is OCc1ccc2c(-c3c(O)ccc4cc(CO)ccc34)c(O)ccc2c1.OCc1ccc2c(-c3c(O)ccc4cc(CO)ccc34)c(O)ccc2c1. The largest absolute Gasteiger partial charge is 0.507 e. The highest BCUT2D eigenvalue weighted by atomic mass is 16.3. The third-order valence-corrected chi connectivity index (χ3v) is 9.48. The highest BCUT2D eigenvalue weighted by molar-refractivity contribution is 6.11. The van der Waals surface area contributed by atoms with E-state index in [-0.39, 0.29) is 49.4 Å². The average molecular weight is 693 g/mol. The molecule has 0 unspecified atom stereocenters. The van der Waals surface area contributed by atoms with Crippen molar-refractivity contribution in [2.75, 3.05) is 0 Å². The lowest BCUT2D eigenvalue weighted by Crippen LogP contribution is -1.90. The molecule has 0 saturated heterocycles. The van der Waals surface area contributed by atoms with Gasteiger partial charge in [0.25, 0.3) is 0 Å². The monoisotopic (exact) mass is 692 g/mol. The predicted octanol–water partition coefficient (Wildman–Crippen LogP) is 8.11. The smallest absolute Gasteiger partial charge is 0.124 e. The molecule has 8 N–H and O–H groups in total. The quantitative estimate of drug-likeness (QED) is 0.0867. The number of aliphatic hydroxyl groups is 4. The summed E-state index contributed by atoms with van der Waals surface area (Å²) in [6, 6.07) is 35.6. The number of hydrogen-bond donors (Lipinski definition) is 8. The third kappa shape index (κ3) is 6.21. The van der Waals surface area contributed by atoms with Gasteiger partial charge in [0.15, 0.2) is 0 Å². The molecule has 52 heavy (non-hydrogen) atoms. The highest BCUT2D eigenvalue weighted by Gasteiger charge is 2.19. The lowest BCUT2D eigenvalue weighted by atomic mass is 9.91. The number of aliphatic hydroxyl groups excluding tert-OH is 4. The predicted molar refractivity (Wildman–Crippen MR) is 204 cm³/mol. The van der Waals surface area contributed by atoms with Crippen molar-refractivity contribution in [1.82, 2.24) is 0 Å². The maximum atomic E-state index is 10.6. The van der Waals surface area contributed by atoms with Crippen molar-refractivity contribution in [3.8, 4) is 45.3 Å². The van der Waals surface area contributed by atoms with Gasteiger partial charge in [-0.25, -0.2) is 0 Å². The number of phenolic OH excluding ortho intramolecular Hbond substituents is 4. The van der Waals surface area contributed by atoms with E-state index in [0.29, 0.717) is 22.3 Å². The van der Waals surface area contributed by atoms with Crippen LogP contribution < -0.4 is 0 Å². The van der Waals surface area contributed by atoms with Gasteiger partial charge < -0.3 is 40.9 Å². The zero-order chi connectivity index (χ0) is 36.5. The molecule has 0 aromatic heterocycles. The molecular formula is C44H36O8. The molecule has 0 amide bonds. The second-order valence-corrected chi connectivity index (χ2v) is 12.7. The normalized spacial score (nSPS) is 11.3. The Morgan fingerprint density at radius 3 is 0.673 bits per heavy atom. The maximum absolute atomic E-state index is 10.6. The first-order chi connectivity index (χ1) is 25.2. The van der Waals surface area contributed by atoms with Crippen LogP contribution in [0.1, 0.15) is 22.3 Å². The van der Waals surface area contributed by atoms with Crippen LogP contribution >= 0.6 is 0 Å². The van der Waals surface area contributed by atoms with Crippen LogP contribution in [0.25, 0.3) is 65.3 Å². The van der Waals surface area contributed by atoms with E-state index in [1.165, 1.54) is 0 Å². The number of rotatable bonds is 6. The van der Waals surface area contributed by atoms with Crippen molar-refractivity contribution in [2.45, 2.75) is 26.4 Å². The molecule has 0 fully saturated rings. The molecule has 0 aliphatic carbocycles. The van der Waals surface area contributed by atoms with Gasteiger partial charge in [0.05, 0.1) is 26.4 Å². The summed E-state index contributed by atoms with van der Waals surface area (Å²) in [6.45, 7) is -0.240. The first-order valence-corrected chi connectivity index (χ1v) is 16.7. The maximum Gasteiger partial charge on any atom is 0.124 e. The summed E-state index contributed by atoms with van der Waals surface area (Å²) in [5.74, 6) is 0.290. The van der Waals surface area contributed by atoms with E-state index in [2.05, 4.69) is 0 Å². The number of aromatic hydroxyl groups is 4. The Morgan fingerprint density at radius 2 is 0.481 bits per heavy atom. The van der Waals surface area contributed by atoms with E-state index in [4.69, 9.17) is 0 Å². The number of fused-ring (bicyclic) bond motifs is 4. The summed E-state index contributed by atoms with van der Waals surface area (Å²) in [4.78, 5) is 0. The van der Waals surface area contributed by atoms with E-state index in [1.54, 1.807) is 72.8 Å². The van der Waals surface area contributed by atoms with Crippen LogP contribution in [0.3, 0.4) is 0 Å². The standard InChI is InChI=1S/2C22H18O4/c2*23-11-13-1-5-17-15(9-13)3-7-19(25)21(17)22-18-6-2-14(12-24)10-16(18)4-8-20(22)26/h2*1-10,23-26H,11-12H2. The summed E-state index contributed by atoms with van der Waals surface area (Å²) < 4.78 is 0. The molecule has 8 heteroatoms. The van der Waals surface area contributed by atoms with E-state index < -0.39 is 0 Å². The molecule has 0 radical (unpaired) electrons. The Labute approximate surface area is 298 Å². The van der Waals surface area contributed by atoms with Gasteiger partial charge >= 0.3 is 0 Å². The Kier molecular flexibility index (Phi) is 9.38. The van der Waals surface area contributed by atoms with Gasteiger partial charge in [-0.15, -0.1) is 0 Å². The zero-order valence-corrected chi connectivity index (χ0v) is 28.0. The van der Waals surface area contributed by atoms with E-state index in [0.717, 1.165) is 65.3 Å². The van der Waals surface area contributed by atoms with Crippen LogP contribution in [-0.4, -0.2) is 40.9 Å². The fraction of sp³-hybridized carbons (Fsp3) is 0.0909. The van der Waals surface area contributed by atoms with Gasteiger partial charge in [0, 0.05) is 22.3 Å². The third-order valence-electron chi connectivity index (χ3n) is 9.48. The molecule has 0 spiro atoms. The highest BCUT2D eigenvalue weighted by Crippen LogP contribution is 2.46. The van der Waals surface area contributed by atoms with Crippen LogP contribution in [0.2, 0.25) is 0 Å². The molecular weight excluding hydrogens is 656 g/mol. The molecule has 0 saturated carbocycles. The molecule has 8 nitrogen and oxygen atoms in total. The van der Waals surface area contributed by atoms with Crippen molar-refractivity contribution < 1.29 is 40.9 Å². The molecule has 260 valence electrons. The Bertz CT molecular complexity index is 2260.